The van der Waals surface area contributed by atoms with Crippen LogP contribution in [0.3, 0.4) is 0 Å². The van der Waals surface area contributed by atoms with Gasteiger partial charge in [-0.3, -0.25) is 4.79 Å². The Morgan fingerprint density at radius 2 is 1.92 bits per heavy atom. The molecule has 25 heavy (non-hydrogen) atoms. The number of anilines is 1. The van der Waals surface area contributed by atoms with Gasteiger partial charge in [-0.1, -0.05) is 6.07 Å². The summed E-state index contributed by atoms with van der Waals surface area (Å²) in [6.45, 7) is 2.52. The molecule has 2 aromatic carbocycles. The predicted octanol–water partition coefficient (Wildman–Crippen LogP) is 5.44. The summed E-state index contributed by atoms with van der Waals surface area (Å²) >= 11 is 6.55. The van der Waals surface area contributed by atoms with E-state index in [2.05, 4.69) is 73.1 Å². The summed E-state index contributed by atoms with van der Waals surface area (Å²) < 4.78 is 8.49. The number of rotatable bonds is 5. The Morgan fingerprint density at radius 1 is 1.24 bits per heavy atom. The Morgan fingerprint density at radius 3 is 2.48 bits per heavy atom. The van der Waals surface area contributed by atoms with Crippen LogP contribution in [-0.4, -0.2) is 12.5 Å². The molecule has 2 aromatic rings. The maximum Gasteiger partial charge on any atom is 0.266 e. The molecule has 2 rings (SSSR count). The fourth-order valence-corrected chi connectivity index (χ4v) is 4.70. The second kappa shape index (κ2) is 9.72. The van der Waals surface area contributed by atoms with Crippen LogP contribution < -0.4 is 10.1 Å². The monoisotopic (exact) mass is 670 g/mol. The van der Waals surface area contributed by atoms with E-state index in [9.17, 15) is 10.1 Å². The van der Waals surface area contributed by atoms with E-state index in [1.165, 1.54) is 0 Å². The molecule has 0 bridgehead atoms. The molecule has 0 fully saturated rings. The summed E-state index contributed by atoms with van der Waals surface area (Å²) in [6.07, 6.45) is 1.59. The van der Waals surface area contributed by atoms with Crippen molar-refractivity contribution >= 4 is 85.4 Å². The smallest absolute Gasteiger partial charge is 0.266 e. The second-order valence-electron chi connectivity index (χ2n) is 4.88. The first-order valence-corrected chi connectivity index (χ1v) is 10.5. The molecule has 128 valence electrons. The van der Waals surface area contributed by atoms with E-state index < -0.39 is 5.91 Å². The highest BCUT2D eigenvalue weighted by molar-refractivity contribution is 14.1. The Bertz CT molecular complexity index is 850. The van der Waals surface area contributed by atoms with Crippen LogP contribution in [0.1, 0.15) is 12.5 Å². The molecular weight excluding hydrogens is 657 g/mol. The van der Waals surface area contributed by atoms with Crippen molar-refractivity contribution in [1.29, 1.82) is 5.26 Å². The first-order valence-electron chi connectivity index (χ1n) is 7.25. The Hall–Kier alpha value is -0.870. The number of amides is 1. The summed E-state index contributed by atoms with van der Waals surface area (Å²) in [6, 6.07) is 13.2. The van der Waals surface area contributed by atoms with Crippen molar-refractivity contribution in [1.82, 2.24) is 0 Å². The zero-order valence-electron chi connectivity index (χ0n) is 13.1. The molecule has 7 heteroatoms. The zero-order valence-corrected chi connectivity index (χ0v) is 19.6. The number of nitrogens with one attached hydrogen (secondary N) is 1. The van der Waals surface area contributed by atoms with Crippen molar-refractivity contribution in [3.05, 3.63) is 58.2 Å². The van der Waals surface area contributed by atoms with Crippen LogP contribution in [-0.2, 0) is 4.79 Å². The predicted molar refractivity (Wildman–Crippen MR) is 124 cm³/mol. The average Bonchev–Trinajstić information content (AvgIpc) is 2.56. The number of hydrogen-bond acceptors (Lipinski definition) is 3. The first-order chi connectivity index (χ1) is 11.9. The van der Waals surface area contributed by atoms with Gasteiger partial charge in [-0.05, 0) is 117 Å². The van der Waals surface area contributed by atoms with E-state index in [0.29, 0.717) is 12.3 Å². The highest BCUT2D eigenvalue weighted by Gasteiger charge is 2.12. The Kier molecular flexibility index (Phi) is 7.95. The fraction of sp³-hybridized carbons (Fsp3) is 0.111. The van der Waals surface area contributed by atoms with Crippen LogP contribution in [0.2, 0.25) is 0 Å². The summed E-state index contributed by atoms with van der Waals surface area (Å²) in [5.74, 6) is 0.395. The lowest BCUT2D eigenvalue weighted by molar-refractivity contribution is -0.112. The van der Waals surface area contributed by atoms with Crippen LogP contribution in [0.25, 0.3) is 6.08 Å². The van der Waals surface area contributed by atoms with Crippen LogP contribution in [0.5, 0.6) is 5.75 Å². The van der Waals surface area contributed by atoms with Crippen LogP contribution in [0.4, 0.5) is 5.69 Å². The molecule has 0 unspecified atom stereocenters. The summed E-state index contributed by atoms with van der Waals surface area (Å²) in [5, 5.41) is 12.1. The van der Waals surface area contributed by atoms with Gasteiger partial charge >= 0.3 is 0 Å². The van der Waals surface area contributed by atoms with Crippen LogP contribution >= 0.6 is 67.8 Å². The lowest BCUT2D eigenvalue weighted by atomic mass is 10.1. The molecule has 0 spiro atoms. The highest BCUT2D eigenvalue weighted by atomic mass is 127. The van der Waals surface area contributed by atoms with Crippen molar-refractivity contribution < 1.29 is 9.53 Å². The largest absolute Gasteiger partial charge is 0.492 e. The molecule has 4 nitrogen and oxygen atoms in total. The number of carbonyl (C=O) groups is 1. The lowest BCUT2D eigenvalue weighted by Gasteiger charge is -2.10. The van der Waals surface area contributed by atoms with Gasteiger partial charge in [0.1, 0.15) is 17.4 Å². The summed E-state index contributed by atoms with van der Waals surface area (Å²) in [4.78, 5) is 12.4. The number of carbonyl (C=O) groups excluding carboxylic acids is 1. The third kappa shape index (κ3) is 5.82. The Balaban J connectivity index is 2.28. The number of hydrogen-bond donors (Lipinski definition) is 1. The van der Waals surface area contributed by atoms with Crippen molar-refractivity contribution in [2.24, 2.45) is 0 Å². The molecular formula is C18H13I3N2O2. The van der Waals surface area contributed by atoms with E-state index >= 15 is 0 Å². The molecule has 0 aliphatic carbocycles. The summed E-state index contributed by atoms with van der Waals surface area (Å²) in [7, 11) is 0. The second-order valence-corrected chi connectivity index (χ2v) is 8.45. The molecule has 0 saturated carbocycles. The Labute approximate surface area is 187 Å². The quantitative estimate of drug-likeness (QED) is 0.262. The standard InChI is InChI=1S/C18H13I3N2O2/c1-2-25-17-15(20)7-11(8-16(17)21)6-12(10-22)18(24)23-14-5-3-4-13(19)9-14/h3-9H,2H2,1H3,(H,23,24)/b12-6+. The minimum atomic E-state index is -0.427. The third-order valence-corrected chi connectivity index (χ3v) is 5.34. The minimum Gasteiger partial charge on any atom is -0.492 e. The number of ether oxygens (including phenoxy) is 1. The normalized spacial score (nSPS) is 10.9. The number of benzene rings is 2. The van der Waals surface area contributed by atoms with Gasteiger partial charge in [-0.15, -0.1) is 0 Å². The first kappa shape index (κ1) is 20.4. The van der Waals surface area contributed by atoms with Crippen molar-refractivity contribution in [3.63, 3.8) is 0 Å². The van der Waals surface area contributed by atoms with Crippen molar-refractivity contribution in [2.75, 3.05) is 11.9 Å². The maximum atomic E-state index is 12.4. The molecule has 0 radical (unpaired) electrons. The van der Waals surface area contributed by atoms with Crippen molar-refractivity contribution in [3.8, 4) is 11.8 Å². The van der Waals surface area contributed by atoms with Gasteiger partial charge in [0, 0.05) is 9.26 Å². The van der Waals surface area contributed by atoms with Gasteiger partial charge < -0.3 is 10.1 Å². The number of halogens is 3. The molecule has 1 N–H and O–H groups in total. The van der Waals surface area contributed by atoms with Gasteiger partial charge in [0.15, 0.2) is 0 Å². The third-order valence-electron chi connectivity index (χ3n) is 3.07. The van der Waals surface area contributed by atoms with Crippen LogP contribution in [0.15, 0.2) is 42.0 Å². The number of nitrogens with zero attached hydrogens (tertiary/aromatic N) is 1. The molecule has 0 saturated heterocycles. The van der Waals surface area contributed by atoms with Gasteiger partial charge in [-0.25, -0.2) is 0 Å². The van der Waals surface area contributed by atoms with Gasteiger partial charge in [0.25, 0.3) is 5.91 Å². The SMILES string of the molecule is CCOc1c(I)cc(/C=C(\C#N)C(=O)Nc2cccc(I)c2)cc1I. The van der Waals surface area contributed by atoms with E-state index in [-0.39, 0.29) is 5.57 Å². The number of nitriles is 1. The lowest BCUT2D eigenvalue weighted by Crippen LogP contribution is -2.13. The minimum absolute atomic E-state index is 0.0506. The molecule has 0 aliphatic heterocycles. The fourth-order valence-electron chi connectivity index (χ4n) is 2.02. The van der Waals surface area contributed by atoms with E-state index in [0.717, 1.165) is 22.0 Å². The molecule has 0 aliphatic rings. The van der Waals surface area contributed by atoms with E-state index in [1.54, 1.807) is 12.1 Å². The van der Waals surface area contributed by atoms with Gasteiger partial charge in [0.05, 0.1) is 13.7 Å². The van der Waals surface area contributed by atoms with E-state index in [4.69, 9.17) is 4.74 Å². The highest BCUT2D eigenvalue weighted by Crippen LogP contribution is 2.29. The zero-order chi connectivity index (χ0) is 18.4. The van der Waals surface area contributed by atoms with Crippen LogP contribution in [0, 0.1) is 22.0 Å². The average molecular weight is 670 g/mol. The van der Waals surface area contributed by atoms with E-state index in [1.807, 2.05) is 43.3 Å². The molecule has 0 aromatic heterocycles. The maximum absolute atomic E-state index is 12.4. The molecule has 0 atom stereocenters. The molecule has 0 heterocycles. The topological polar surface area (TPSA) is 62.1 Å². The molecule has 1 amide bonds. The van der Waals surface area contributed by atoms with Gasteiger partial charge in [-0.2, -0.15) is 5.26 Å². The van der Waals surface area contributed by atoms with Gasteiger partial charge in [0.2, 0.25) is 0 Å². The summed E-state index contributed by atoms with van der Waals surface area (Å²) in [5.41, 5.74) is 1.50. The van der Waals surface area contributed by atoms with Crippen molar-refractivity contribution in [2.45, 2.75) is 6.92 Å².